The first-order valence-electron chi connectivity index (χ1n) is 7.29. The number of hydrogen-bond acceptors (Lipinski definition) is 5. The van der Waals surface area contributed by atoms with Crippen LogP contribution >= 0.6 is 0 Å². The van der Waals surface area contributed by atoms with E-state index in [1.165, 1.54) is 0 Å². The molecule has 0 spiro atoms. The molecular formula is C16H23NO4. The fraction of sp³-hybridized carbons (Fsp3) is 0.500. The maximum Gasteiger partial charge on any atom is 0.311 e. The third-order valence-electron chi connectivity index (χ3n) is 3.07. The van der Waals surface area contributed by atoms with Crippen LogP contribution in [0.1, 0.15) is 26.7 Å². The van der Waals surface area contributed by atoms with Gasteiger partial charge >= 0.3 is 11.9 Å². The lowest BCUT2D eigenvalue weighted by atomic mass is 10.3. The minimum Gasteiger partial charge on any atom is -0.464 e. The molecule has 0 N–H and O–H groups in total. The summed E-state index contributed by atoms with van der Waals surface area (Å²) in [6.07, 6.45) is 0.0723. The molecule has 0 heterocycles. The summed E-state index contributed by atoms with van der Waals surface area (Å²) in [6.45, 7) is 7.05. The van der Waals surface area contributed by atoms with Crippen LogP contribution in [0, 0.1) is 0 Å². The van der Waals surface area contributed by atoms with Gasteiger partial charge in [-0.15, -0.1) is 0 Å². The second-order valence-electron chi connectivity index (χ2n) is 4.53. The zero-order valence-corrected chi connectivity index (χ0v) is 12.7. The van der Waals surface area contributed by atoms with Gasteiger partial charge in [-0.25, -0.2) is 0 Å². The minimum atomic E-state index is -0.429. The van der Waals surface area contributed by atoms with Gasteiger partial charge in [0.05, 0.1) is 12.8 Å². The number of rotatable bonds is 9. The van der Waals surface area contributed by atoms with Gasteiger partial charge in [-0.1, -0.05) is 32.0 Å². The summed E-state index contributed by atoms with van der Waals surface area (Å²) < 4.78 is 10.2. The van der Waals surface area contributed by atoms with Crippen molar-refractivity contribution in [2.45, 2.75) is 26.7 Å². The molecule has 0 saturated heterocycles. The van der Waals surface area contributed by atoms with E-state index in [0.717, 1.165) is 13.1 Å². The van der Waals surface area contributed by atoms with Gasteiger partial charge in [0.25, 0.3) is 0 Å². The van der Waals surface area contributed by atoms with Crippen LogP contribution in [0.3, 0.4) is 0 Å². The van der Waals surface area contributed by atoms with Gasteiger partial charge in [0, 0.05) is 6.54 Å². The van der Waals surface area contributed by atoms with E-state index in [-0.39, 0.29) is 18.8 Å². The summed E-state index contributed by atoms with van der Waals surface area (Å²) in [6, 6.07) is 8.79. The van der Waals surface area contributed by atoms with Gasteiger partial charge in [0.15, 0.2) is 0 Å². The molecule has 21 heavy (non-hydrogen) atoms. The number of benzene rings is 1. The SMILES string of the molecule is CCN(CC)CCOC(=O)CCC(=O)Oc1ccccc1. The van der Waals surface area contributed by atoms with Crippen molar-refractivity contribution in [3.8, 4) is 5.75 Å². The Morgan fingerprint density at radius 1 is 1.00 bits per heavy atom. The van der Waals surface area contributed by atoms with Crippen molar-refractivity contribution in [1.29, 1.82) is 0 Å². The highest BCUT2D eigenvalue weighted by molar-refractivity contribution is 5.78. The van der Waals surface area contributed by atoms with E-state index in [9.17, 15) is 9.59 Å². The van der Waals surface area contributed by atoms with Gasteiger partial charge in [-0.3, -0.25) is 9.59 Å². The molecule has 0 aliphatic carbocycles. The number of hydrogen-bond donors (Lipinski definition) is 0. The fourth-order valence-corrected chi connectivity index (χ4v) is 1.78. The Bertz CT molecular complexity index is 429. The smallest absolute Gasteiger partial charge is 0.311 e. The number of nitrogens with zero attached hydrogens (tertiary/aromatic N) is 1. The zero-order chi connectivity index (χ0) is 15.5. The Morgan fingerprint density at radius 3 is 2.24 bits per heavy atom. The Balaban J connectivity index is 2.16. The predicted molar refractivity (Wildman–Crippen MR) is 80.1 cm³/mol. The van der Waals surface area contributed by atoms with E-state index in [4.69, 9.17) is 9.47 Å². The van der Waals surface area contributed by atoms with Gasteiger partial charge in [0.1, 0.15) is 12.4 Å². The lowest BCUT2D eigenvalue weighted by Gasteiger charge is -2.17. The Labute approximate surface area is 125 Å². The van der Waals surface area contributed by atoms with Crippen molar-refractivity contribution in [2.75, 3.05) is 26.2 Å². The largest absolute Gasteiger partial charge is 0.464 e. The molecule has 0 aliphatic heterocycles. The molecule has 0 bridgehead atoms. The maximum absolute atomic E-state index is 11.6. The highest BCUT2D eigenvalue weighted by Crippen LogP contribution is 2.09. The molecule has 5 nitrogen and oxygen atoms in total. The van der Waals surface area contributed by atoms with Gasteiger partial charge in [0.2, 0.25) is 0 Å². The van der Waals surface area contributed by atoms with Crippen molar-refractivity contribution in [3.63, 3.8) is 0 Å². The van der Waals surface area contributed by atoms with Crippen molar-refractivity contribution in [1.82, 2.24) is 4.90 Å². The van der Waals surface area contributed by atoms with Crippen molar-refractivity contribution in [3.05, 3.63) is 30.3 Å². The number of esters is 2. The van der Waals surface area contributed by atoms with Crippen molar-refractivity contribution >= 4 is 11.9 Å². The molecule has 0 unspecified atom stereocenters. The molecule has 1 aromatic rings. The van der Waals surface area contributed by atoms with E-state index in [1.54, 1.807) is 24.3 Å². The molecule has 0 saturated carbocycles. The molecule has 5 heteroatoms. The quantitative estimate of drug-likeness (QED) is 0.516. The van der Waals surface area contributed by atoms with Gasteiger partial charge < -0.3 is 14.4 Å². The van der Waals surface area contributed by atoms with Crippen LogP contribution in [0.2, 0.25) is 0 Å². The lowest BCUT2D eigenvalue weighted by molar-refractivity contribution is -0.147. The maximum atomic E-state index is 11.6. The van der Waals surface area contributed by atoms with Crippen LogP contribution in [-0.2, 0) is 14.3 Å². The molecule has 0 aromatic heterocycles. The number of carbonyl (C=O) groups is 2. The summed E-state index contributed by atoms with van der Waals surface area (Å²) in [5.74, 6) is -0.313. The summed E-state index contributed by atoms with van der Waals surface area (Å²) in [7, 11) is 0. The number of likely N-dealkylation sites (N-methyl/N-ethyl adjacent to an activating group) is 1. The third kappa shape index (κ3) is 7.46. The topological polar surface area (TPSA) is 55.8 Å². The van der Waals surface area contributed by atoms with E-state index in [0.29, 0.717) is 18.9 Å². The fourth-order valence-electron chi connectivity index (χ4n) is 1.78. The molecule has 0 atom stereocenters. The molecule has 116 valence electrons. The van der Waals surface area contributed by atoms with E-state index < -0.39 is 5.97 Å². The molecular weight excluding hydrogens is 270 g/mol. The second-order valence-corrected chi connectivity index (χ2v) is 4.53. The predicted octanol–water partition coefficient (Wildman–Crippen LogP) is 2.26. The van der Waals surface area contributed by atoms with E-state index in [1.807, 2.05) is 6.07 Å². The molecule has 1 rings (SSSR count). The summed E-state index contributed by atoms with van der Waals surface area (Å²) >= 11 is 0. The zero-order valence-electron chi connectivity index (χ0n) is 12.7. The second kappa shape index (κ2) is 9.94. The van der Waals surface area contributed by atoms with E-state index in [2.05, 4.69) is 18.7 Å². The van der Waals surface area contributed by atoms with Gasteiger partial charge in [-0.2, -0.15) is 0 Å². The lowest BCUT2D eigenvalue weighted by Crippen LogP contribution is -2.28. The normalized spacial score (nSPS) is 10.4. The van der Waals surface area contributed by atoms with Crippen LogP contribution < -0.4 is 4.74 Å². The van der Waals surface area contributed by atoms with Gasteiger partial charge in [-0.05, 0) is 25.2 Å². The molecule has 0 aliphatic rings. The van der Waals surface area contributed by atoms with Crippen LogP contribution in [-0.4, -0.2) is 43.1 Å². The standard InChI is InChI=1S/C16H23NO4/c1-3-17(4-2)12-13-20-15(18)10-11-16(19)21-14-8-6-5-7-9-14/h5-9H,3-4,10-13H2,1-2H3. The van der Waals surface area contributed by atoms with Crippen LogP contribution in [0.5, 0.6) is 5.75 Å². The van der Waals surface area contributed by atoms with Crippen LogP contribution in [0.4, 0.5) is 0 Å². The number of ether oxygens (including phenoxy) is 2. The monoisotopic (exact) mass is 293 g/mol. The van der Waals surface area contributed by atoms with Crippen molar-refractivity contribution in [2.24, 2.45) is 0 Å². The Morgan fingerprint density at radius 2 is 1.62 bits per heavy atom. The Hall–Kier alpha value is -1.88. The number of carbonyl (C=O) groups excluding carboxylic acids is 2. The third-order valence-corrected chi connectivity index (χ3v) is 3.07. The first-order valence-corrected chi connectivity index (χ1v) is 7.29. The average molecular weight is 293 g/mol. The van der Waals surface area contributed by atoms with Crippen molar-refractivity contribution < 1.29 is 19.1 Å². The molecule has 0 radical (unpaired) electrons. The van der Waals surface area contributed by atoms with Crippen LogP contribution in [0.25, 0.3) is 0 Å². The highest BCUT2D eigenvalue weighted by Gasteiger charge is 2.10. The Kier molecular flexibility index (Phi) is 8.12. The van der Waals surface area contributed by atoms with Crippen LogP contribution in [0.15, 0.2) is 30.3 Å². The first-order chi connectivity index (χ1) is 10.2. The summed E-state index contributed by atoms with van der Waals surface area (Å²) in [5, 5.41) is 0. The molecule has 0 fully saturated rings. The number of para-hydroxylation sites is 1. The first kappa shape index (κ1) is 17.2. The summed E-state index contributed by atoms with van der Waals surface area (Å²) in [5.41, 5.74) is 0. The molecule has 0 amide bonds. The average Bonchev–Trinajstić information content (AvgIpc) is 2.50. The highest BCUT2D eigenvalue weighted by atomic mass is 16.5. The van der Waals surface area contributed by atoms with E-state index >= 15 is 0 Å². The minimum absolute atomic E-state index is 0.0268. The summed E-state index contributed by atoms with van der Waals surface area (Å²) in [4.78, 5) is 25.2. The molecule has 1 aromatic carbocycles.